The van der Waals surface area contributed by atoms with E-state index in [0.717, 1.165) is 24.8 Å². The minimum Gasteiger partial charge on any atom is -0.445 e. The Hall–Kier alpha value is -4.21. The fraction of sp³-hybridized carbons (Fsp3) is 0.346. The van der Waals surface area contributed by atoms with E-state index in [2.05, 4.69) is 28.2 Å². The van der Waals surface area contributed by atoms with Gasteiger partial charge in [0.1, 0.15) is 6.61 Å². The number of nitrogens with zero attached hydrogens (tertiary/aromatic N) is 2. The van der Waals surface area contributed by atoms with Crippen LogP contribution in [0.25, 0.3) is 10.8 Å². The molecule has 3 rings (SSSR count). The molecule has 0 aliphatic carbocycles. The predicted octanol–water partition coefficient (Wildman–Crippen LogP) is 3.05. The highest BCUT2D eigenvalue weighted by molar-refractivity contribution is 6.05. The molecule has 0 radical (unpaired) electrons. The molecule has 0 unspecified atom stereocenters. The first-order chi connectivity index (χ1) is 17.5. The Balaban J connectivity index is 1.46. The highest BCUT2D eigenvalue weighted by Crippen LogP contribution is 2.13. The van der Waals surface area contributed by atoms with Gasteiger partial charge in [0, 0.05) is 24.9 Å². The zero-order valence-corrected chi connectivity index (χ0v) is 20.3. The van der Waals surface area contributed by atoms with Crippen molar-refractivity contribution in [2.45, 2.75) is 52.2 Å². The van der Waals surface area contributed by atoms with Crippen LogP contribution in [0.15, 0.2) is 59.4 Å². The van der Waals surface area contributed by atoms with Crippen LogP contribution >= 0.6 is 0 Å². The molecule has 10 heteroatoms. The van der Waals surface area contributed by atoms with Gasteiger partial charge in [0.15, 0.2) is 5.69 Å². The third-order valence-corrected chi connectivity index (χ3v) is 5.43. The zero-order valence-electron chi connectivity index (χ0n) is 20.3. The average molecular weight is 494 g/mol. The van der Waals surface area contributed by atoms with Crippen LogP contribution in [-0.4, -0.2) is 34.2 Å². The number of hydrazine groups is 1. The van der Waals surface area contributed by atoms with Crippen molar-refractivity contribution >= 4 is 28.7 Å². The highest BCUT2D eigenvalue weighted by Gasteiger charge is 2.17. The number of hydrogen-bond acceptors (Lipinski definition) is 6. The topological polar surface area (TPSA) is 131 Å². The number of amides is 3. The van der Waals surface area contributed by atoms with Crippen molar-refractivity contribution in [2.24, 2.45) is 0 Å². The second kappa shape index (κ2) is 13.6. The molecule has 3 amide bonds. The van der Waals surface area contributed by atoms with Crippen molar-refractivity contribution < 1.29 is 19.1 Å². The molecule has 0 spiro atoms. The van der Waals surface area contributed by atoms with Gasteiger partial charge in [0.05, 0.1) is 5.39 Å². The Labute approximate surface area is 209 Å². The molecule has 0 aliphatic rings. The van der Waals surface area contributed by atoms with Gasteiger partial charge >= 0.3 is 6.09 Å². The lowest BCUT2D eigenvalue weighted by Gasteiger charge is -2.12. The fourth-order valence-electron chi connectivity index (χ4n) is 3.53. The summed E-state index contributed by atoms with van der Waals surface area (Å²) in [7, 11) is 0. The molecule has 1 aromatic heterocycles. The van der Waals surface area contributed by atoms with E-state index in [9.17, 15) is 19.2 Å². The minimum atomic E-state index is -0.619. The quantitative estimate of drug-likeness (QED) is 0.278. The van der Waals surface area contributed by atoms with Crippen LogP contribution in [0.5, 0.6) is 0 Å². The molecule has 0 aliphatic heterocycles. The number of fused-ring (bicyclic) bond motifs is 1. The normalized spacial score (nSPS) is 10.6. The maximum atomic E-state index is 12.8. The molecule has 0 bridgehead atoms. The first-order valence-corrected chi connectivity index (χ1v) is 12.0. The lowest BCUT2D eigenvalue weighted by molar-refractivity contribution is -0.121. The predicted molar refractivity (Wildman–Crippen MR) is 135 cm³/mol. The average Bonchev–Trinajstić information content (AvgIpc) is 2.90. The van der Waals surface area contributed by atoms with Gasteiger partial charge in [0.25, 0.3) is 11.5 Å². The number of nitrogens with one attached hydrogen (secondary N) is 3. The molecule has 0 saturated carbocycles. The van der Waals surface area contributed by atoms with Crippen molar-refractivity contribution in [3.63, 3.8) is 0 Å². The second-order valence-electron chi connectivity index (χ2n) is 8.22. The molecule has 10 nitrogen and oxygen atoms in total. The van der Waals surface area contributed by atoms with Gasteiger partial charge in [0.2, 0.25) is 5.91 Å². The van der Waals surface area contributed by atoms with Crippen LogP contribution in [0, 0.1) is 0 Å². The number of alkyl carbamates (subject to hydrolysis) is 1. The summed E-state index contributed by atoms with van der Waals surface area (Å²) in [6.07, 6.45) is 2.56. The molecule has 0 fully saturated rings. The highest BCUT2D eigenvalue weighted by atomic mass is 16.5. The molecular formula is C26H31N5O5. The summed E-state index contributed by atoms with van der Waals surface area (Å²) in [5.41, 5.74) is 5.41. The summed E-state index contributed by atoms with van der Waals surface area (Å²) in [5, 5.41) is 7.65. The van der Waals surface area contributed by atoms with Gasteiger partial charge in [-0.15, -0.1) is 0 Å². The van der Waals surface area contributed by atoms with Crippen LogP contribution in [0.3, 0.4) is 0 Å². The summed E-state index contributed by atoms with van der Waals surface area (Å²) in [6.45, 7) is 2.87. The Kier molecular flexibility index (Phi) is 9.99. The van der Waals surface area contributed by atoms with Crippen LogP contribution in [0.1, 0.15) is 55.1 Å². The van der Waals surface area contributed by atoms with Crippen molar-refractivity contribution in [3.05, 3.63) is 76.2 Å². The minimum absolute atomic E-state index is 0.0600. The molecule has 36 heavy (non-hydrogen) atoms. The Morgan fingerprint density at radius 2 is 1.64 bits per heavy atom. The number of carbonyl (C=O) groups is 3. The first kappa shape index (κ1) is 26.4. The van der Waals surface area contributed by atoms with Gasteiger partial charge in [-0.05, 0) is 24.5 Å². The lowest BCUT2D eigenvalue weighted by Crippen LogP contribution is -2.43. The van der Waals surface area contributed by atoms with E-state index >= 15 is 0 Å². The molecular weight excluding hydrogens is 462 g/mol. The molecule has 3 aromatic rings. The lowest BCUT2D eigenvalue weighted by atomic mass is 10.1. The summed E-state index contributed by atoms with van der Waals surface area (Å²) < 4.78 is 6.41. The van der Waals surface area contributed by atoms with Crippen LogP contribution in [0.4, 0.5) is 4.79 Å². The van der Waals surface area contributed by atoms with Crippen molar-refractivity contribution in [2.75, 3.05) is 6.54 Å². The third-order valence-electron chi connectivity index (χ3n) is 5.43. The largest absolute Gasteiger partial charge is 0.445 e. The second-order valence-corrected chi connectivity index (χ2v) is 8.22. The van der Waals surface area contributed by atoms with Crippen molar-refractivity contribution in [1.82, 2.24) is 25.9 Å². The van der Waals surface area contributed by atoms with E-state index in [1.807, 2.05) is 30.3 Å². The van der Waals surface area contributed by atoms with Gasteiger partial charge in [-0.2, -0.15) is 5.10 Å². The van der Waals surface area contributed by atoms with E-state index < -0.39 is 17.9 Å². The standard InChI is InChI=1S/C26H31N5O5/c1-2-3-9-17-31-25(34)21-14-8-7-13-20(21)23(30-31)24(33)29-28-22(32)15-10-16-27-26(35)36-18-19-11-5-4-6-12-19/h4-8,11-14H,2-3,9-10,15-18H2,1H3,(H,27,35)(H,28,32)(H,29,33). The number of ether oxygens (including phenoxy) is 1. The maximum Gasteiger partial charge on any atom is 0.407 e. The number of unbranched alkanes of at least 4 members (excludes halogenated alkanes) is 2. The summed E-state index contributed by atoms with van der Waals surface area (Å²) in [6, 6.07) is 16.1. The Morgan fingerprint density at radius 1 is 0.917 bits per heavy atom. The van der Waals surface area contributed by atoms with Crippen molar-refractivity contribution in [1.29, 1.82) is 0 Å². The van der Waals surface area contributed by atoms with Gasteiger partial charge in [-0.1, -0.05) is 68.3 Å². The zero-order chi connectivity index (χ0) is 25.8. The Morgan fingerprint density at radius 3 is 2.39 bits per heavy atom. The monoisotopic (exact) mass is 493 g/mol. The first-order valence-electron chi connectivity index (χ1n) is 12.0. The molecule has 2 aromatic carbocycles. The number of hydrogen-bond donors (Lipinski definition) is 3. The number of benzene rings is 2. The Bertz CT molecular complexity index is 1240. The SMILES string of the molecule is CCCCCn1nc(C(=O)NNC(=O)CCCNC(=O)OCc2ccccc2)c2ccccc2c1=O. The molecule has 0 saturated heterocycles. The number of aromatic nitrogens is 2. The fourth-order valence-corrected chi connectivity index (χ4v) is 3.53. The summed E-state index contributed by atoms with van der Waals surface area (Å²) in [4.78, 5) is 49.4. The molecule has 1 heterocycles. The molecule has 190 valence electrons. The smallest absolute Gasteiger partial charge is 0.407 e. The van der Waals surface area contributed by atoms with E-state index in [1.54, 1.807) is 24.3 Å². The van der Waals surface area contributed by atoms with E-state index in [4.69, 9.17) is 4.74 Å². The van der Waals surface area contributed by atoms with Gasteiger partial charge < -0.3 is 10.1 Å². The van der Waals surface area contributed by atoms with Crippen LogP contribution in [-0.2, 0) is 22.7 Å². The maximum absolute atomic E-state index is 12.8. The van der Waals surface area contributed by atoms with E-state index in [0.29, 0.717) is 23.7 Å². The van der Waals surface area contributed by atoms with Crippen LogP contribution < -0.4 is 21.7 Å². The summed E-state index contributed by atoms with van der Waals surface area (Å²) in [5.74, 6) is -1.05. The van der Waals surface area contributed by atoms with Gasteiger partial charge in [-0.3, -0.25) is 25.2 Å². The number of rotatable bonds is 11. The van der Waals surface area contributed by atoms with E-state index in [-0.39, 0.29) is 30.8 Å². The summed E-state index contributed by atoms with van der Waals surface area (Å²) >= 11 is 0. The number of carbonyl (C=O) groups excluding carboxylic acids is 3. The molecule has 0 atom stereocenters. The van der Waals surface area contributed by atoms with Gasteiger partial charge in [-0.25, -0.2) is 9.48 Å². The number of aryl methyl sites for hydroxylation is 1. The van der Waals surface area contributed by atoms with Crippen molar-refractivity contribution in [3.8, 4) is 0 Å². The third kappa shape index (κ3) is 7.66. The molecule has 3 N–H and O–H groups in total. The van der Waals surface area contributed by atoms with Crippen LogP contribution in [0.2, 0.25) is 0 Å². The van der Waals surface area contributed by atoms with E-state index in [1.165, 1.54) is 4.68 Å².